The first kappa shape index (κ1) is 22.3. The standard InChI is InChI=1S/C23H19Cl2N3O3S/c1-27(32(30,31)20-13-11-19(25)12-14-20)23(29)28-15-21(16-5-3-2-4-6-16)22(26-28)17-7-9-18(24)10-8-17/h2-14,21H,15H2,1H3. The Kier molecular flexibility index (Phi) is 6.24. The molecule has 0 saturated heterocycles. The van der Waals surface area contributed by atoms with Crippen LogP contribution < -0.4 is 0 Å². The van der Waals surface area contributed by atoms with Crippen molar-refractivity contribution < 1.29 is 13.2 Å². The largest absolute Gasteiger partial charge is 0.354 e. The number of halogens is 2. The molecule has 3 aromatic carbocycles. The average Bonchev–Trinajstić information content (AvgIpc) is 3.25. The molecule has 1 atom stereocenters. The van der Waals surface area contributed by atoms with Gasteiger partial charge in [0, 0.05) is 23.0 Å². The van der Waals surface area contributed by atoms with Gasteiger partial charge in [-0.1, -0.05) is 65.7 Å². The van der Waals surface area contributed by atoms with Crippen molar-refractivity contribution in [2.75, 3.05) is 13.6 Å². The van der Waals surface area contributed by atoms with Gasteiger partial charge in [-0.15, -0.1) is 0 Å². The molecule has 0 spiro atoms. The number of nitrogens with zero attached hydrogens (tertiary/aromatic N) is 3. The molecule has 164 valence electrons. The monoisotopic (exact) mass is 487 g/mol. The summed E-state index contributed by atoms with van der Waals surface area (Å²) in [5.41, 5.74) is 2.44. The highest BCUT2D eigenvalue weighted by molar-refractivity contribution is 7.89. The summed E-state index contributed by atoms with van der Waals surface area (Å²) in [5.74, 6) is -0.215. The zero-order valence-electron chi connectivity index (χ0n) is 17.0. The Labute approximate surface area is 196 Å². The van der Waals surface area contributed by atoms with Gasteiger partial charge in [0.25, 0.3) is 10.0 Å². The third-order valence-electron chi connectivity index (χ3n) is 5.22. The van der Waals surface area contributed by atoms with Gasteiger partial charge in [-0.2, -0.15) is 5.10 Å². The minimum absolute atomic E-state index is 0.0292. The lowest BCUT2D eigenvalue weighted by Gasteiger charge is -2.22. The summed E-state index contributed by atoms with van der Waals surface area (Å²) in [4.78, 5) is 13.1. The van der Waals surface area contributed by atoms with E-state index in [-0.39, 0.29) is 17.4 Å². The Bertz CT molecular complexity index is 1260. The number of rotatable bonds is 4. The molecular weight excluding hydrogens is 469 g/mol. The topological polar surface area (TPSA) is 70.1 Å². The lowest BCUT2D eigenvalue weighted by molar-refractivity contribution is 0.189. The number of amides is 2. The molecule has 3 aromatic rings. The van der Waals surface area contributed by atoms with Crippen LogP contribution >= 0.6 is 23.2 Å². The van der Waals surface area contributed by atoms with E-state index < -0.39 is 16.1 Å². The SMILES string of the molecule is CN(C(=O)N1CC(c2ccccc2)C(c2ccc(Cl)cc2)=N1)S(=O)(=O)c1ccc(Cl)cc1. The maximum Gasteiger partial charge on any atom is 0.354 e. The van der Waals surface area contributed by atoms with E-state index in [1.165, 1.54) is 36.3 Å². The van der Waals surface area contributed by atoms with Crippen LogP contribution in [0.5, 0.6) is 0 Å². The van der Waals surface area contributed by atoms with Crippen molar-refractivity contribution in [1.29, 1.82) is 0 Å². The predicted octanol–water partition coefficient (Wildman–Crippen LogP) is 5.24. The van der Waals surface area contributed by atoms with Crippen LogP contribution in [0.4, 0.5) is 4.79 Å². The molecule has 1 aliphatic rings. The van der Waals surface area contributed by atoms with E-state index in [1.807, 2.05) is 42.5 Å². The summed E-state index contributed by atoms with van der Waals surface area (Å²) in [6.07, 6.45) is 0. The molecular formula is C23H19Cl2N3O3S. The van der Waals surface area contributed by atoms with Crippen molar-refractivity contribution in [3.63, 3.8) is 0 Å². The molecule has 2 amide bonds. The minimum Gasteiger partial charge on any atom is -0.245 e. The summed E-state index contributed by atoms with van der Waals surface area (Å²) >= 11 is 11.9. The van der Waals surface area contributed by atoms with Crippen molar-refractivity contribution in [3.8, 4) is 0 Å². The molecule has 0 saturated carbocycles. The molecule has 0 radical (unpaired) electrons. The van der Waals surface area contributed by atoms with E-state index in [9.17, 15) is 13.2 Å². The Morgan fingerprint density at radius 3 is 2.09 bits per heavy atom. The van der Waals surface area contributed by atoms with Crippen molar-refractivity contribution in [2.45, 2.75) is 10.8 Å². The molecule has 0 bridgehead atoms. The quantitative estimate of drug-likeness (QED) is 0.505. The van der Waals surface area contributed by atoms with Gasteiger partial charge in [-0.05, 0) is 47.5 Å². The number of hydrogen-bond donors (Lipinski definition) is 0. The average molecular weight is 488 g/mol. The summed E-state index contributed by atoms with van der Waals surface area (Å²) < 4.78 is 26.6. The van der Waals surface area contributed by atoms with Gasteiger partial charge < -0.3 is 0 Å². The van der Waals surface area contributed by atoms with Crippen LogP contribution in [-0.4, -0.2) is 43.1 Å². The number of carbonyl (C=O) groups is 1. The first-order valence-electron chi connectivity index (χ1n) is 9.73. The number of urea groups is 1. The maximum absolute atomic E-state index is 13.2. The first-order chi connectivity index (χ1) is 15.3. The highest BCUT2D eigenvalue weighted by Gasteiger charge is 2.36. The molecule has 1 unspecified atom stereocenters. The van der Waals surface area contributed by atoms with Gasteiger partial charge in [0.05, 0.1) is 17.2 Å². The van der Waals surface area contributed by atoms with Crippen molar-refractivity contribution >= 4 is 45.0 Å². The molecule has 0 aromatic heterocycles. The predicted molar refractivity (Wildman–Crippen MR) is 126 cm³/mol. The second-order valence-corrected chi connectivity index (χ2v) is 10.1. The highest BCUT2D eigenvalue weighted by Crippen LogP contribution is 2.30. The molecule has 9 heteroatoms. The van der Waals surface area contributed by atoms with Crippen LogP contribution in [0.2, 0.25) is 10.0 Å². The fourth-order valence-corrected chi connectivity index (χ4v) is 4.83. The number of hydrogen-bond acceptors (Lipinski definition) is 4. The van der Waals surface area contributed by atoms with Crippen LogP contribution in [0.15, 0.2) is 88.9 Å². The van der Waals surface area contributed by atoms with E-state index in [0.29, 0.717) is 20.1 Å². The second kappa shape index (κ2) is 8.94. The second-order valence-electron chi connectivity index (χ2n) is 7.25. The lowest BCUT2D eigenvalue weighted by Crippen LogP contribution is -2.41. The Morgan fingerprint density at radius 2 is 1.50 bits per heavy atom. The smallest absolute Gasteiger partial charge is 0.245 e. The lowest BCUT2D eigenvalue weighted by atomic mass is 9.91. The molecule has 4 rings (SSSR count). The van der Waals surface area contributed by atoms with E-state index in [4.69, 9.17) is 23.2 Å². The molecule has 0 N–H and O–H groups in total. The number of sulfonamides is 1. The third-order valence-corrected chi connectivity index (χ3v) is 7.47. The van der Waals surface area contributed by atoms with Gasteiger partial charge >= 0.3 is 6.03 Å². The van der Waals surface area contributed by atoms with Crippen LogP contribution in [0, 0.1) is 0 Å². The number of carbonyl (C=O) groups excluding carboxylic acids is 1. The van der Waals surface area contributed by atoms with Gasteiger partial charge in [-0.3, -0.25) is 0 Å². The number of benzene rings is 3. The van der Waals surface area contributed by atoms with E-state index in [1.54, 1.807) is 12.1 Å². The summed E-state index contributed by atoms with van der Waals surface area (Å²) in [6.45, 7) is 0.210. The van der Waals surface area contributed by atoms with E-state index >= 15 is 0 Å². The highest BCUT2D eigenvalue weighted by atomic mass is 35.5. The fraction of sp³-hybridized carbons (Fsp3) is 0.130. The summed E-state index contributed by atoms with van der Waals surface area (Å²) in [6, 6.07) is 21.7. The summed E-state index contributed by atoms with van der Waals surface area (Å²) in [7, 11) is -2.84. The van der Waals surface area contributed by atoms with Crippen molar-refractivity contribution in [1.82, 2.24) is 9.31 Å². The third kappa shape index (κ3) is 4.37. The number of hydrazone groups is 1. The van der Waals surface area contributed by atoms with Crippen LogP contribution in [0.3, 0.4) is 0 Å². The van der Waals surface area contributed by atoms with E-state index in [2.05, 4.69) is 5.10 Å². The normalized spacial score (nSPS) is 16.0. The van der Waals surface area contributed by atoms with Gasteiger partial charge in [0.1, 0.15) is 0 Å². The van der Waals surface area contributed by atoms with Crippen molar-refractivity contribution in [3.05, 3.63) is 100 Å². The first-order valence-corrected chi connectivity index (χ1v) is 11.9. The molecule has 1 heterocycles. The summed E-state index contributed by atoms with van der Waals surface area (Å²) in [5, 5.41) is 6.70. The minimum atomic E-state index is -4.07. The van der Waals surface area contributed by atoms with Gasteiger partial charge in [0.2, 0.25) is 0 Å². The van der Waals surface area contributed by atoms with E-state index in [0.717, 1.165) is 11.1 Å². The Balaban J connectivity index is 1.67. The van der Waals surface area contributed by atoms with Crippen molar-refractivity contribution in [2.24, 2.45) is 5.10 Å². The molecule has 0 fully saturated rings. The zero-order valence-corrected chi connectivity index (χ0v) is 19.3. The molecule has 6 nitrogen and oxygen atoms in total. The molecule has 1 aliphatic heterocycles. The molecule has 32 heavy (non-hydrogen) atoms. The fourth-order valence-electron chi connectivity index (χ4n) is 3.48. The van der Waals surface area contributed by atoms with Crippen LogP contribution in [0.25, 0.3) is 0 Å². The maximum atomic E-state index is 13.2. The Hall–Kier alpha value is -2.87. The van der Waals surface area contributed by atoms with Gasteiger partial charge in [-0.25, -0.2) is 22.5 Å². The zero-order chi connectivity index (χ0) is 22.9. The van der Waals surface area contributed by atoms with Crippen LogP contribution in [0.1, 0.15) is 17.0 Å². The molecule has 0 aliphatic carbocycles. The van der Waals surface area contributed by atoms with Crippen LogP contribution in [-0.2, 0) is 10.0 Å². The van der Waals surface area contributed by atoms with Gasteiger partial charge in [0.15, 0.2) is 0 Å². The Morgan fingerprint density at radius 1 is 0.938 bits per heavy atom.